The van der Waals surface area contributed by atoms with Crippen molar-refractivity contribution in [3.63, 3.8) is 0 Å². The van der Waals surface area contributed by atoms with Gasteiger partial charge in [-0.3, -0.25) is 0 Å². The molecular weight excluding hydrogens is 421 g/mol. The Morgan fingerprint density at radius 1 is 1.16 bits per heavy atom. The average molecular weight is 444 g/mol. The SMILES string of the molecule is CCCc1c(OCCCn2ccc3c(CC=O)cccc32)ccc2c(C(F)(F)F)noc12. The van der Waals surface area contributed by atoms with E-state index in [1.165, 1.54) is 6.07 Å². The molecule has 0 amide bonds. The van der Waals surface area contributed by atoms with Gasteiger partial charge in [0.2, 0.25) is 0 Å². The van der Waals surface area contributed by atoms with E-state index in [0.29, 0.717) is 43.7 Å². The topological polar surface area (TPSA) is 57.3 Å². The highest BCUT2D eigenvalue weighted by Gasteiger charge is 2.37. The fraction of sp³-hybridized carbons (Fsp3) is 0.333. The summed E-state index contributed by atoms with van der Waals surface area (Å²) in [5.74, 6) is 0.523. The number of ether oxygens (including phenoxy) is 1. The highest BCUT2D eigenvalue weighted by Crippen LogP contribution is 2.38. The standard InChI is InChI=1S/C24H23F3N2O3/c1-2-5-18-21(9-8-19-22(18)32-28-23(19)24(25,26)27)31-15-4-12-29-13-10-17-16(11-14-30)6-3-7-20(17)29/h3,6-10,13-14H,2,4-5,11-12,15H2,1H3. The molecule has 0 N–H and O–H groups in total. The van der Waals surface area contributed by atoms with Crippen molar-refractivity contribution in [1.29, 1.82) is 0 Å². The Balaban J connectivity index is 1.48. The molecule has 4 rings (SSSR count). The fourth-order valence-electron chi connectivity index (χ4n) is 4.03. The monoisotopic (exact) mass is 444 g/mol. The van der Waals surface area contributed by atoms with Crippen LogP contribution in [0.4, 0.5) is 13.2 Å². The molecule has 0 saturated carbocycles. The zero-order chi connectivity index (χ0) is 22.7. The van der Waals surface area contributed by atoms with Crippen LogP contribution in [0.2, 0.25) is 0 Å². The van der Waals surface area contributed by atoms with Gasteiger partial charge >= 0.3 is 6.18 Å². The maximum atomic E-state index is 13.2. The van der Waals surface area contributed by atoms with Crippen molar-refractivity contribution in [2.75, 3.05) is 6.61 Å². The first-order chi connectivity index (χ1) is 15.4. The number of aryl methyl sites for hydroxylation is 2. The first kappa shape index (κ1) is 21.9. The van der Waals surface area contributed by atoms with Crippen LogP contribution in [0.1, 0.15) is 36.6 Å². The van der Waals surface area contributed by atoms with Crippen molar-refractivity contribution >= 4 is 28.2 Å². The van der Waals surface area contributed by atoms with Crippen LogP contribution < -0.4 is 4.74 Å². The summed E-state index contributed by atoms with van der Waals surface area (Å²) in [4.78, 5) is 10.9. The van der Waals surface area contributed by atoms with E-state index in [-0.39, 0.29) is 11.0 Å². The van der Waals surface area contributed by atoms with E-state index >= 15 is 0 Å². The highest BCUT2D eigenvalue weighted by molar-refractivity contribution is 5.86. The molecule has 0 spiro atoms. The fourth-order valence-corrected chi connectivity index (χ4v) is 4.03. The van der Waals surface area contributed by atoms with Crippen molar-refractivity contribution in [1.82, 2.24) is 9.72 Å². The van der Waals surface area contributed by atoms with Gasteiger partial charge in [0, 0.05) is 35.6 Å². The van der Waals surface area contributed by atoms with Crippen molar-refractivity contribution in [2.24, 2.45) is 0 Å². The Hall–Kier alpha value is -3.29. The lowest BCUT2D eigenvalue weighted by molar-refractivity contribution is -0.141. The molecule has 168 valence electrons. The third-order valence-corrected chi connectivity index (χ3v) is 5.48. The smallest absolute Gasteiger partial charge is 0.437 e. The zero-order valence-corrected chi connectivity index (χ0v) is 17.6. The molecule has 0 aliphatic carbocycles. The second-order valence-corrected chi connectivity index (χ2v) is 7.63. The number of rotatable bonds is 9. The summed E-state index contributed by atoms with van der Waals surface area (Å²) in [6, 6.07) is 10.8. The number of carbonyl (C=O) groups excluding carboxylic acids is 1. The number of fused-ring (bicyclic) bond motifs is 2. The number of hydrogen-bond acceptors (Lipinski definition) is 4. The number of nitrogens with zero attached hydrogens (tertiary/aromatic N) is 2. The molecule has 5 nitrogen and oxygen atoms in total. The number of aldehydes is 1. The summed E-state index contributed by atoms with van der Waals surface area (Å²) in [5.41, 5.74) is 1.78. The third kappa shape index (κ3) is 4.22. The summed E-state index contributed by atoms with van der Waals surface area (Å²) in [6.07, 6.45) is 0.664. The van der Waals surface area contributed by atoms with E-state index in [1.54, 1.807) is 6.07 Å². The van der Waals surface area contributed by atoms with E-state index in [1.807, 2.05) is 37.4 Å². The van der Waals surface area contributed by atoms with E-state index < -0.39 is 11.9 Å². The molecule has 0 fully saturated rings. The van der Waals surface area contributed by atoms with Crippen molar-refractivity contribution < 1.29 is 27.2 Å². The Morgan fingerprint density at radius 2 is 2.00 bits per heavy atom. The molecule has 0 aliphatic rings. The number of alkyl halides is 3. The van der Waals surface area contributed by atoms with Crippen LogP contribution in [0.5, 0.6) is 5.75 Å². The van der Waals surface area contributed by atoms with Gasteiger partial charge in [0.15, 0.2) is 11.3 Å². The summed E-state index contributed by atoms with van der Waals surface area (Å²) in [5, 5.41) is 4.26. The van der Waals surface area contributed by atoms with Gasteiger partial charge in [-0.1, -0.05) is 30.6 Å². The van der Waals surface area contributed by atoms with E-state index in [9.17, 15) is 18.0 Å². The number of aromatic nitrogens is 2. The normalized spacial score (nSPS) is 12.0. The molecule has 2 aromatic heterocycles. The van der Waals surface area contributed by atoms with Gasteiger partial charge in [-0.2, -0.15) is 13.2 Å². The third-order valence-electron chi connectivity index (χ3n) is 5.48. The van der Waals surface area contributed by atoms with Crippen molar-refractivity contribution in [3.8, 4) is 5.75 Å². The van der Waals surface area contributed by atoms with Crippen LogP contribution in [0.15, 0.2) is 47.1 Å². The predicted molar refractivity (Wildman–Crippen MR) is 115 cm³/mol. The van der Waals surface area contributed by atoms with Crippen LogP contribution in [-0.4, -0.2) is 22.6 Å². The molecule has 0 bridgehead atoms. The van der Waals surface area contributed by atoms with E-state index in [2.05, 4.69) is 9.72 Å². The van der Waals surface area contributed by atoms with Crippen molar-refractivity contribution in [2.45, 2.75) is 45.3 Å². The molecule has 4 aromatic rings. The van der Waals surface area contributed by atoms with Crippen LogP contribution in [0.3, 0.4) is 0 Å². The van der Waals surface area contributed by atoms with Gasteiger partial charge in [0.05, 0.1) is 12.0 Å². The van der Waals surface area contributed by atoms with Gasteiger partial charge in [0.1, 0.15) is 12.0 Å². The molecule has 0 saturated heterocycles. The number of halogens is 3. The van der Waals surface area contributed by atoms with Gasteiger partial charge in [-0.15, -0.1) is 0 Å². The lowest BCUT2D eigenvalue weighted by Gasteiger charge is -2.12. The summed E-state index contributed by atoms with van der Waals surface area (Å²) < 4.78 is 52.6. The van der Waals surface area contributed by atoms with Gasteiger partial charge in [-0.05, 0) is 42.7 Å². The lowest BCUT2D eigenvalue weighted by atomic mass is 10.0. The van der Waals surface area contributed by atoms with E-state index in [4.69, 9.17) is 9.26 Å². The Bertz CT molecular complexity index is 1240. The molecule has 0 unspecified atom stereocenters. The largest absolute Gasteiger partial charge is 0.493 e. The lowest BCUT2D eigenvalue weighted by Crippen LogP contribution is -2.06. The number of carbonyl (C=O) groups is 1. The summed E-state index contributed by atoms with van der Waals surface area (Å²) >= 11 is 0. The predicted octanol–water partition coefficient (Wildman–Crippen LogP) is 5.96. The maximum Gasteiger partial charge on any atom is 0.437 e. The minimum absolute atomic E-state index is 0.0433. The molecule has 2 aromatic carbocycles. The minimum Gasteiger partial charge on any atom is -0.493 e. The Kier molecular flexibility index (Phi) is 6.21. The molecule has 32 heavy (non-hydrogen) atoms. The van der Waals surface area contributed by atoms with E-state index in [0.717, 1.165) is 29.2 Å². The first-order valence-corrected chi connectivity index (χ1v) is 10.6. The van der Waals surface area contributed by atoms with Crippen LogP contribution >= 0.6 is 0 Å². The molecule has 0 aliphatic heterocycles. The van der Waals surface area contributed by atoms with Crippen LogP contribution in [-0.2, 0) is 30.4 Å². The van der Waals surface area contributed by atoms with Gasteiger partial charge in [-0.25, -0.2) is 0 Å². The zero-order valence-electron chi connectivity index (χ0n) is 17.6. The summed E-state index contributed by atoms with van der Waals surface area (Å²) in [6.45, 7) is 3.05. The van der Waals surface area contributed by atoms with Gasteiger partial charge in [0.25, 0.3) is 0 Å². The first-order valence-electron chi connectivity index (χ1n) is 10.6. The van der Waals surface area contributed by atoms with Crippen LogP contribution in [0, 0.1) is 0 Å². The quantitative estimate of drug-likeness (QED) is 0.236. The Morgan fingerprint density at radius 3 is 2.75 bits per heavy atom. The van der Waals surface area contributed by atoms with Crippen molar-refractivity contribution in [3.05, 3.63) is 59.4 Å². The molecule has 2 heterocycles. The molecule has 8 heteroatoms. The minimum atomic E-state index is -4.57. The van der Waals surface area contributed by atoms with Crippen LogP contribution in [0.25, 0.3) is 21.9 Å². The average Bonchev–Trinajstić information content (AvgIpc) is 3.38. The summed E-state index contributed by atoms with van der Waals surface area (Å²) in [7, 11) is 0. The second-order valence-electron chi connectivity index (χ2n) is 7.63. The maximum absolute atomic E-state index is 13.2. The van der Waals surface area contributed by atoms with Gasteiger partial charge < -0.3 is 18.6 Å². The number of hydrogen-bond donors (Lipinski definition) is 0. The Labute approximate surface area is 182 Å². The molecular formula is C24H23F3N2O3. The molecule has 0 atom stereocenters. The number of benzene rings is 2. The molecule has 0 radical (unpaired) electrons. The highest BCUT2D eigenvalue weighted by atomic mass is 19.4. The second kappa shape index (κ2) is 9.06.